The van der Waals surface area contributed by atoms with Crippen molar-refractivity contribution >= 4 is 28.4 Å². The second kappa shape index (κ2) is 6.27. The third-order valence-electron chi connectivity index (χ3n) is 6.28. The number of aromatic nitrogens is 1. The summed E-state index contributed by atoms with van der Waals surface area (Å²) in [6, 6.07) is 13.0. The first-order valence-electron chi connectivity index (χ1n) is 9.83. The van der Waals surface area contributed by atoms with Gasteiger partial charge in [-0.2, -0.15) is 0 Å². The number of para-hydroxylation sites is 1. The summed E-state index contributed by atoms with van der Waals surface area (Å²) >= 11 is 0. The maximum atomic E-state index is 11.6. The number of pyridine rings is 1. The van der Waals surface area contributed by atoms with Gasteiger partial charge >= 0.3 is 0 Å². The van der Waals surface area contributed by atoms with Gasteiger partial charge in [0.15, 0.2) is 5.75 Å². The van der Waals surface area contributed by atoms with Crippen molar-refractivity contribution in [1.29, 1.82) is 0 Å². The molecule has 0 saturated heterocycles. The van der Waals surface area contributed by atoms with E-state index in [4.69, 9.17) is 4.74 Å². The number of nitro benzene ring substituents is 1. The molecule has 0 fully saturated rings. The van der Waals surface area contributed by atoms with Gasteiger partial charge in [-0.05, 0) is 49.8 Å². The van der Waals surface area contributed by atoms with E-state index >= 15 is 0 Å². The van der Waals surface area contributed by atoms with Crippen LogP contribution in [0.15, 0.2) is 54.7 Å². The Morgan fingerprint density at radius 3 is 2.80 bits per heavy atom. The molecule has 2 aliphatic heterocycles. The van der Waals surface area contributed by atoms with E-state index in [0.717, 1.165) is 11.3 Å². The normalized spacial score (nSPS) is 20.8. The number of non-ortho nitro benzene ring substituents is 1. The van der Waals surface area contributed by atoms with Crippen molar-refractivity contribution in [2.45, 2.75) is 25.0 Å². The highest BCUT2D eigenvalue weighted by Crippen LogP contribution is 2.55. The van der Waals surface area contributed by atoms with Crippen LogP contribution in [0, 0.1) is 10.1 Å². The molecule has 1 aromatic heterocycles. The van der Waals surface area contributed by atoms with Gasteiger partial charge in [0.25, 0.3) is 5.69 Å². The zero-order valence-corrected chi connectivity index (χ0v) is 16.7. The van der Waals surface area contributed by atoms with Crippen LogP contribution in [-0.4, -0.2) is 33.9 Å². The second-order valence-electron chi connectivity index (χ2n) is 8.12. The predicted octanol–water partition coefficient (Wildman–Crippen LogP) is 4.04. The summed E-state index contributed by atoms with van der Waals surface area (Å²) in [4.78, 5) is 17.7. The standard InChI is InChI=1S/C23H21N3O4/c1-22(2)17-7-3-4-8-18(17)25(12-13-27)23(22)10-9-15-14-19(26(28)29)16-6-5-11-24-20(16)21(15)30-23/h3-11,14,27H,12-13H2,1-2H3. The minimum Gasteiger partial charge on any atom is -0.460 e. The van der Waals surface area contributed by atoms with Gasteiger partial charge in [0, 0.05) is 30.1 Å². The lowest BCUT2D eigenvalue weighted by atomic mass is 9.76. The number of aliphatic hydroxyl groups is 1. The Hall–Kier alpha value is -3.45. The predicted molar refractivity (Wildman–Crippen MR) is 115 cm³/mol. The Morgan fingerprint density at radius 1 is 1.23 bits per heavy atom. The minimum absolute atomic E-state index is 0.00207. The summed E-state index contributed by atoms with van der Waals surface area (Å²) in [6.45, 7) is 4.58. The first-order valence-corrected chi connectivity index (χ1v) is 9.83. The smallest absolute Gasteiger partial charge is 0.279 e. The van der Waals surface area contributed by atoms with Crippen LogP contribution in [-0.2, 0) is 5.41 Å². The number of nitro groups is 1. The molecular weight excluding hydrogens is 382 g/mol. The van der Waals surface area contributed by atoms with Gasteiger partial charge in [0.05, 0.1) is 22.3 Å². The molecule has 1 atom stereocenters. The van der Waals surface area contributed by atoms with Gasteiger partial charge in [0.2, 0.25) is 5.72 Å². The van der Waals surface area contributed by atoms with E-state index in [1.807, 2.05) is 30.4 Å². The van der Waals surface area contributed by atoms with Crippen LogP contribution in [0.1, 0.15) is 25.0 Å². The maximum absolute atomic E-state index is 11.6. The highest BCUT2D eigenvalue weighted by atomic mass is 16.6. The summed E-state index contributed by atoms with van der Waals surface area (Å²) in [7, 11) is 0. The number of hydrogen-bond acceptors (Lipinski definition) is 6. The molecule has 7 heteroatoms. The Morgan fingerprint density at radius 2 is 2.03 bits per heavy atom. The van der Waals surface area contributed by atoms with Gasteiger partial charge in [-0.25, -0.2) is 0 Å². The van der Waals surface area contributed by atoms with Gasteiger partial charge in [-0.15, -0.1) is 0 Å². The van der Waals surface area contributed by atoms with Crippen LogP contribution in [0.3, 0.4) is 0 Å². The van der Waals surface area contributed by atoms with Crippen molar-refractivity contribution in [3.8, 4) is 5.75 Å². The van der Waals surface area contributed by atoms with Gasteiger partial charge in [0.1, 0.15) is 5.52 Å². The zero-order valence-electron chi connectivity index (χ0n) is 16.7. The third kappa shape index (κ3) is 2.26. The van der Waals surface area contributed by atoms with Crippen molar-refractivity contribution in [2.24, 2.45) is 0 Å². The molecule has 152 valence electrons. The number of benzene rings is 2. The Labute approximate surface area is 173 Å². The molecule has 2 aromatic carbocycles. The molecule has 1 N–H and O–H groups in total. The molecule has 1 spiro atoms. The molecule has 2 aliphatic rings. The lowest BCUT2D eigenvalue weighted by Gasteiger charge is -2.47. The largest absolute Gasteiger partial charge is 0.460 e. The van der Waals surface area contributed by atoms with Crippen LogP contribution >= 0.6 is 0 Å². The number of β-amino-alcohol motifs (C(OH)–C–C–N with tert-alkyl or cyclic N) is 1. The van der Waals surface area contributed by atoms with Gasteiger partial charge < -0.3 is 14.7 Å². The summed E-state index contributed by atoms with van der Waals surface area (Å²) in [5, 5.41) is 21.8. The van der Waals surface area contributed by atoms with E-state index in [9.17, 15) is 15.2 Å². The molecule has 1 unspecified atom stereocenters. The number of rotatable bonds is 3. The van der Waals surface area contributed by atoms with E-state index in [1.54, 1.807) is 18.3 Å². The fourth-order valence-corrected chi connectivity index (χ4v) is 4.81. The maximum Gasteiger partial charge on any atom is 0.279 e. The first-order chi connectivity index (χ1) is 14.4. The van der Waals surface area contributed by atoms with E-state index < -0.39 is 16.1 Å². The quantitative estimate of drug-likeness (QED) is 0.525. The van der Waals surface area contributed by atoms with E-state index in [2.05, 4.69) is 29.8 Å². The summed E-state index contributed by atoms with van der Waals surface area (Å²) in [6.07, 6.45) is 5.43. The molecule has 0 radical (unpaired) electrons. The fourth-order valence-electron chi connectivity index (χ4n) is 4.81. The summed E-state index contributed by atoms with van der Waals surface area (Å²) in [5.41, 5.74) is 1.86. The Balaban J connectivity index is 1.76. The molecule has 30 heavy (non-hydrogen) atoms. The van der Waals surface area contributed by atoms with Crippen molar-refractivity contribution in [1.82, 2.24) is 4.98 Å². The molecule has 0 amide bonds. The molecule has 3 heterocycles. The van der Waals surface area contributed by atoms with E-state index in [1.165, 1.54) is 6.07 Å². The van der Waals surface area contributed by atoms with Crippen molar-refractivity contribution in [3.05, 3.63) is 76.0 Å². The molecule has 0 bridgehead atoms. The number of fused-ring (bicyclic) bond motifs is 4. The van der Waals surface area contributed by atoms with Gasteiger partial charge in [-0.3, -0.25) is 15.1 Å². The SMILES string of the molecule is CC1(C)c2ccccc2N(CCO)C12C=Cc1cc([N+](=O)[O-])c3cccnc3c1O2. The third-order valence-corrected chi connectivity index (χ3v) is 6.28. The summed E-state index contributed by atoms with van der Waals surface area (Å²) < 4.78 is 6.73. The highest BCUT2D eigenvalue weighted by Gasteiger charge is 2.58. The topological polar surface area (TPSA) is 88.7 Å². The highest BCUT2D eigenvalue weighted by molar-refractivity contribution is 5.96. The zero-order chi connectivity index (χ0) is 21.1. The van der Waals surface area contributed by atoms with Crippen LogP contribution in [0.2, 0.25) is 0 Å². The number of ether oxygens (including phenoxy) is 1. The average molecular weight is 403 g/mol. The molecule has 5 rings (SSSR count). The molecular formula is C23H21N3O4. The minimum atomic E-state index is -0.896. The molecule has 7 nitrogen and oxygen atoms in total. The Bertz CT molecular complexity index is 1220. The molecule has 0 saturated carbocycles. The molecule has 0 aliphatic carbocycles. The average Bonchev–Trinajstić information content (AvgIpc) is 2.92. The van der Waals surface area contributed by atoms with Crippen LogP contribution in [0.5, 0.6) is 5.75 Å². The lowest BCUT2D eigenvalue weighted by Crippen LogP contribution is -2.60. The monoisotopic (exact) mass is 403 g/mol. The fraction of sp³-hybridized carbons (Fsp3) is 0.261. The number of anilines is 1. The first kappa shape index (κ1) is 18.6. The van der Waals surface area contributed by atoms with Crippen LogP contribution in [0.25, 0.3) is 17.0 Å². The van der Waals surface area contributed by atoms with Crippen molar-refractivity contribution in [3.63, 3.8) is 0 Å². The second-order valence-corrected chi connectivity index (χ2v) is 8.12. The van der Waals surface area contributed by atoms with Crippen molar-refractivity contribution in [2.75, 3.05) is 18.1 Å². The number of hydrogen-bond donors (Lipinski definition) is 1. The summed E-state index contributed by atoms with van der Waals surface area (Å²) in [5.74, 6) is 0.516. The van der Waals surface area contributed by atoms with Crippen molar-refractivity contribution < 1.29 is 14.8 Å². The lowest BCUT2D eigenvalue weighted by molar-refractivity contribution is -0.383. The van der Waals surface area contributed by atoms with Crippen LogP contribution in [0.4, 0.5) is 11.4 Å². The van der Waals surface area contributed by atoms with E-state index in [0.29, 0.717) is 28.8 Å². The van der Waals surface area contributed by atoms with E-state index in [-0.39, 0.29) is 12.3 Å². The molecule has 3 aromatic rings. The van der Waals surface area contributed by atoms with Crippen LogP contribution < -0.4 is 9.64 Å². The Kier molecular flexibility index (Phi) is 3.88. The number of nitrogens with zero attached hydrogens (tertiary/aromatic N) is 3. The number of aliphatic hydroxyl groups excluding tert-OH is 1. The van der Waals surface area contributed by atoms with Gasteiger partial charge in [-0.1, -0.05) is 18.2 Å².